The van der Waals surface area contributed by atoms with Gasteiger partial charge in [-0.05, 0) is 39.0 Å². The molecule has 108 valence electrons. The number of thioether (sulfide) groups is 1. The van der Waals surface area contributed by atoms with E-state index in [1.165, 1.54) is 12.8 Å². The van der Waals surface area contributed by atoms with E-state index in [1.807, 2.05) is 13.8 Å². The zero-order chi connectivity index (χ0) is 14.0. The Kier molecular flexibility index (Phi) is 4.73. The minimum absolute atomic E-state index is 0.121. The molecule has 0 bridgehead atoms. The maximum absolute atomic E-state index is 11.7. The first-order valence-electron chi connectivity index (χ1n) is 7.12. The molecule has 1 aromatic heterocycles. The van der Waals surface area contributed by atoms with Gasteiger partial charge in [0.15, 0.2) is 5.16 Å². The standard InChI is InChI=1S/C13H24N4OS/c1-4-9-5-6-10(14)11(7-9)19-13-16-15-12(18)17(13)8(2)3/h8-11H,4-7,14H2,1-3H3,(H,15,18). The molecule has 6 heteroatoms. The molecule has 1 aliphatic carbocycles. The van der Waals surface area contributed by atoms with Gasteiger partial charge in [-0.1, -0.05) is 25.1 Å². The fourth-order valence-electron chi connectivity index (χ4n) is 2.71. The summed E-state index contributed by atoms with van der Waals surface area (Å²) >= 11 is 1.66. The zero-order valence-electron chi connectivity index (χ0n) is 11.9. The normalized spacial score (nSPS) is 27.9. The van der Waals surface area contributed by atoms with Crippen LogP contribution in [-0.4, -0.2) is 26.1 Å². The lowest BCUT2D eigenvalue weighted by Gasteiger charge is -2.33. The molecule has 1 aromatic rings. The average Bonchev–Trinajstić information content (AvgIpc) is 2.73. The number of nitrogens with zero attached hydrogens (tertiary/aromatic N) is 2. The van der Waals surface area contributed by atoms with Gasteiger partial charge in [0.05, 0.1) is 0 Å². The van der Waals surface area contributed by atoms with E-state index in [2.05, 4.69) is 17.1 Å². The van der Waals surface area contributed by atoms with Gasteiger partial charge in [-0.25, -0.2) is 9.89 Å². The monoisotopic (exact) mass is 284 g/mol. The summed E-state index contributed by atoms with van der Waals surface area (Å²) in [6.07, 6.45) is 4.64. The molecule has 19 heavy (non-hydrogen) atoms. The Bertz CT molecular complexity index is 467. The highest BCUT2D eigenvalue weighted by Crippen LogP contribution is 2.36. The highest BCUT2D eigenvalue weighted by Gasteiger charge is 2.29. The van der Waals surface area contributed by atoms with Crippen LogP contribution in [0, 0.1) is 5.92 Å². The van der Waals surface area contributed by atoms with E-state index < -0.39 is 0 Å². The molecule has 0 spiro atoms. The molecular weight excluding hydrogens is 260 g/mol. The fraction of sp³-hybridized carbons (Fsp3) is 0.846. The third kappa shape index (κ3) is 3.23. The van der Waals surface area contributed by atoms with Gasteiger partial charge < -0.3 is 5.73 Å². The van der Waals surface area contributed by atoms with Crippen molar-refractivity contribution < 1.29 is 0 Å². The van der Waals surface area contributed by atoms with Gasteiger partial charge in [-0.15, -0.1) is 5.10 Å². The van der Waals surface area contributed by atoms with Gasteiger partial charge in [-0.2, -0.15) is 0 Å². The predicted octanol–water partition coefficient (Wildman–Crippen LogP) is 2.15. The Morgan fingerprint density at radius 2 is 2.26 bits per heavy atom. The minimum Gasteiger partial charge on any atom is -0.327 e. The largest absolute Gasteiger partial charge is 0.344 e. The first-order chi connectivity index (χ1) is 9.02. The van der Waals surface area contributed by atoms with E-state index in [9.17, 15) is 4.79 Å². The van der Waals surface area contributed by atoms with Gasteiger partial charge >= 0.3 is 5.69 Å². The number of H-pyrrole nitrogens is 1. The quantitative estimate of drug-likeness (QED) is 0.888. The van der Waals surface area contributed by atoms with Crippen LogP contribution in [0.1, 0.15) is 52.5 Å². The number of hydrogen-bond acceptors (Lipinski definition) is 4. The van der Waals surface area contributed by atoms with Crippen LogP contribution in [0.15, 0.2) is 9.95 Å². The zero-order valence-corrected chi connectivity index (χ0v) is 12.7. The molecule has 1 heterocycles. The summed E-state index contributed by atoms with van der Waals surface area (Å²) in [5, 5.41) is 7.84. The lowest BCUT2D eigenvalue weighted by atomic mass is 9.84. The number of aromatic nitrogens is 3. The average molecular weight is 284 g/mol. The second-order valence-corrected chi connectivity index (χ2v) is 6.89. The molecule has 5 nitrogen and oxygen atoms in total. The van der Waals surface area contributed by atoms with Crippen LogP contribution in [0.4, 0.5) is 0 Å². The molecule has 0 radical (unpaired) electrons. The van der Waals surface area contributed by atoms with Crippen LogP contribution in [0.2, 0.25) is 0 Å². The molecule has 1 aliphatic rings. The number of aromatic amines is 1. The maximum Gasteiger partial charge on any atom is 0.344 e. The SMILES string of the molecule is CCC1CCC(N)C(Sc2n[nH]c(=O)n2C(C)C)C1. The van der Waals surface area contributed by atoms with E-state index in [4.69, 9.17) is 5.73 Å². The molecule has 0 aromatic carbocycles. The smallest absolute Gasteiger partial charge is 0.327 e. The third-order valence-corrected chi connectivity index (χ3v) is 5.32. The highest BCUT2D eigenvalue weighted by molar-refractivity contribution is 7.99. The first-order valence-corrected chi connectivity index (χ1v) is 8.00. The second kappa shape index (κ2) is 6.13. The molecule has 3 unspecified atom stereocenters. The van der Waals surface area contributed by atoms with Crippen LogP contribution >= 0.6 is 11.8 Å². The van der Waals surface area contributed by atoms with E-state index in [0.717, 1.165) is 23.9 Å². The summed E-state index contributed by atoms with van der Waals surface area (Å²) in [7, 11) is 0. The molecular formula is C13H24N4OS. The van der Waals surface area contributed by atoms with Crippen LogP contribution in [-0.2, 0) is 0 Å². The molecule has 0 aliphatic heterocycles. The van der Waals surface area contributed by atoms with Crippen molar-refractivity contribution in [2.24, 2.45) is 11.7 Å². The summed E-state index contributed by atoms with van der Waals surface area (Å²) < 4.78 is 1.72. The Morgan fingerprint density at radius 3 is 2.89 bits per heavy atom. The molecule has 1 fully saturated rings. The van der Waals surface area contributed by atoms with E-state index in [0.29, 0.717) is 5.25 Å². The van der Waals surface area contributed by atoms with Crippen molar-refractivity contribution in [3.8, 4) is 0 Å². The van der Waals surface area contributed by atoms with Crippen molar-refractivity contribution in [2.75, 3.05) is 0 Å². The predicted molar refractivity (Wildman–Crippen MR) is 78.5 cm³/mol. The number of rotatable bonds is 4. The first kappa shape index (κ1) is 14.7. The fourth-order valence-corrected chi connectivity index (χ4v) is 4.16. The summed E-state index contributed by atoms with van der Waals surface area (Å²) in [6, 6.07) is 0.329. The molecule has 0 amide bonds. The van der Waals surface area contributed by atoms with Crippen LogP contribution < -0.4 is 11.4 Å². The van der Waals surface area contributed by atoms with Crippen LogP contribution in [0.5, 0.6) is 0 Å². The molecule has 3 atom stereocenters. The van der Waals surface area contributed by atoms with Crippen LogP contribution in [0.25, 0.3) is 0 Å². The lowest BCUT2D eigenvalue weighted by Crippen LogP contribution is -2.38. The Hall–Kier alpha value is -0.750. The summed E-state index contributed by atoms with van der Waals surface area (Å²) in [6.45, 7) is 6.23. The second-order valence-electron chi connectivity index (χ2n) is 5.68. The maximum atomic E-state index is 11.7. The molecule has 0 saturated heterocycles. The third-order valence-electron chi connectivity index (χ3n) is 3.97. The number of hydrogen-bond donors (Lipinski definition) is 2. The molecule has 2 rings (SSSR count). The lowest BCUT2D eigenvalue weighted by molar-refractivity contribution is 0.327. The van der Waals surface area contributed by atoms with Crippen molar-refractivity contribution in [3.05, 3.63) is 10.5 Å². The summed E-state index contributed by atoms with van der Waals surface area (Å²) in [5.74, 6) is 0.760. The van der Waals surface area contributed by atoms with E-state index >= 15 is 0 Å². The Labute approximate surface area is 118 Å². The van der Waals surface area contributed by atoms with Gasteiger partial charge in [0.2, 0.25) is 0 Å². The van der Waals surface area contributed by atoms with E-state index in [-0.39, 0.29) is 17.8 Å². The number of nitrogens with two attached hydrogens (primary N) is 1. The summed E-state index contributed by atoms with van der Waals surface area (Å²) in [4.78, 5) is 11.7. The van der Waals surface area contributed by atoms with Gasteiger partial charge in [0.1, 0.15) is 0 Å². The Morgan fingerprint density at radius 1 is 1.53 bits per heavy atom. The van der Waals surface area contributed by atoms with Gasteiger partial charge in [-0.3, -0.25) is 4.57 Å². The van der Waals surface area contributed by atoms with Crippen molar-refractivity contribution in [3.63, 3.8) is 0 Å². The van der Waals surface area contributed by atoms with E-state index in [1.54, 1.807) is 16.3 Å². The topological polar surface area (TPSA) is 76.7 Å². The Balaban J connectivity index is 2.13. The van der Waals surface area contributed by atoms with Crippen molar-refractivity contribution in [1.82, 2.24) is 14.8 Å². The molecule has 1 saturated carbocycles. The van der Waals surface area contributed by atoms with Crippen molar-refractivity contribution >= 4 is 11.8 Å². The molecule has 3 N–H and O–H groups in total. The van der Waals surface area contributed by atoms with Gasteiger partial charge in [0, 0.05) is 17.3 Å². The van der Waals surface area contributed by atoms with Gasteiger partial charge in [0.25, 0.3) is 0 Å². The van der Waals surface area contributed by atoms with Crippen molar-refractivity contribution in [1.29, 1.82) is 0 Å². The van der Waals surface area contributed by atoms with Crippen LogP contribution in [0.3, 0.4) is 0 Å². The summed E-state index contributed by atoms with van der Waals surface area (Å²) in [5.41, 5.74) is 6.10. The van der Waals surface area contributed by atoms with Crippen molar-refractivity contribution in [2.45, 2.75) is 68.9 Å². The minimum atomic E-state index is -0.131. The number of nitrogens with one attached hydrogen (secondary N) is 1. The highest BCUT2D eigenvalue weighted by atomic mass is 32.2.